The van der Waals surface area contributed by atoms with Gasteiger partial charge in [0, 0.05) is 16.9 Å². The summed E-state index contributed by atoms with van der Waals surface area (Å²) in [6, 6.07) is 14.4. The van der Waals surface area contributed by atoms with Crippen LogP contribution in [-0.2, 0) is 7.05 Å². The molecule has 2 aromatic carbocycles. The Morgan fingerprint density at radius 1 is 1.14 bits per heavy atom. The van der Waals surface area contributed by atoms with E-state index < -0.39 is 5.91 Å². The molecule has 0 aliphatic heterocycles. The van der Waals surface area contributed by atoms with Gasteiger partial charge in [-0.15, -0.1) is 10.2 Å². The van der Waals surface area contributed by atoms with Gasteiger partial charge in [0.25, 0.3) is 5.91 Å². The number of azo groups is 1. The van der Waals surface area contributed by atoms with Crippen LogP contribution in [-0.4, -0.2) is 15.6 Å². The molecule has 22 heavy (non-hydrogen) atoms. The second-order valence-electron chi connectivity index (χ2n) is 4.73. The molecule has 110 valence electrons. The van der Waals surface area contributed by atoms with E-state index in [-0.39, 0.29) is 5.88 Å². The summed E-state index contributed by atoms with van der Waals surface area (Å²) < 4.78 is 2.26. The van der Waals surface area contributed by atoms with Gasteiger partial charge in [-0.05, 0) is 34.1 Å². The number of amides is 1. The lowest BCUT2D eigenvalue weighted by Crippen LogP contribution is -1.94. The van der Waals surface area contributed by atoms with Crippen molar-refractivity contribution in [1.29, 1.82) is 0 Å². The monoisotopic (exact) mass is 357 g/mol. The van der Waals surface area contributed by atoms with Crippen LogP contribution < -0.4 is 0 Å². The number of benzene rings is 2. The Morgan fingerprint density at radius 2 is 1.82 bits per heavy atom. The van der Waals surface area contributed by atoms with E-state index >= 15 is 0 Å². The van der Waals surface area contributed by atoms with Gasteiger partial charge >= 0.3 is 0 Å². The van der Waals surface area contributed by atoms with Crippen LogP contribution in [0.25, 0.3) is 10.9 Å². The number of aryl methyl sites for hydroxylation is 1. The van der Waals surface area contributed by atoms with Gasteiger partial charge in [0.05, 0.1) is 11.1 Å². The molecule has 0 fully saturated rings. The van der Waals surface area contributed by atoms with Crippen molar-refractivity contribution in [3.05, 3.63) is 58.6 Å². The zero-order valence-electron chi connectivity index (χ0n) is 11.7. The van der Waals surface area contributed by atoms with Crippen LogP contribution in [0.15, 0.2) is 63.2 Å². The fourth-order valence-corrected chi connectivity index (χ4v) is 2.70. The fourth-order valence-electron chi connectivity index (χ4n) is 2.24. The molecule has 0 saturated heterocycles. The van der Waals surface area contributed by atoms with E-state index in [0.29, 0.717) is 15.7 Å². The first-order chi connectivity index (χ1) is 10.6. The number of fused-ring (bicyclic) bond motifs is 1. The molecular weight excluding hydrogens is 346 g/mol. The molecule has 1 amide bonds. The zero-order chi connectivity index (χ0) is 15.7. The van der Waals surface area contributed by atoms with E-state index in [1.165, 1.54) is 0 Å². The maximum Gasteiger partial charge on any atom is 0.296 e. The molecule has 0 atom stereocenters. The number of carbonyl (C=O) groups excluding carboxylic acids is 1. The molecule has 3 aromatic rings. The Labute approximate surface area is 135 Å². The largest absolute Gasteiger partial charge is 0.493 e. The molecule has 6 heteroatoms. The lowest BCUT2D eigenvalue weighted by molar-refractivity contribution is 0.0994. The Kier molecular flexibility index (Phi) is 3.77. The van der Waals surface area contributed by atoms with Crippen molar-refractivity contribution in [1.82, 2.24) is 4.57 Å². The molecule has 0 unspecified atom stereocenters. The molecular formula is C16H12BrN3O2. The van der Waals surface area contributed by atoms with E-state index in [1.807, 2.05) is 30.3 Å². The molecule has 0 aliphatic rings. The van der Waals surface area contributed by atoms with E-state index in [9.17, 15) is 9.90 Å². The van der Waals surface area contributed by atoms with Crippen LogP contribution in [0.5, 0.6) is 5.88 Å². The van der Waals surface area contributed by atoms with Crippen molar-refractivity contribution in [2.75, 3.05) is 0 Å². The molecule has 0 spiro atoms. The van der Waals surface area contributed by atoms with Gasteiger partial charge in [-0.1, -0.05) is 30.3 Å². The summed E-state index contributed by atoms with van der Waals surface area (Å²) in [7, 11) is 1.73. The van der Waals surface area contributed by atoms with E-state index in [0.717, 1.165) is 10.9 Å². The number of nitrogens with zero attached hydrogens (tertiary/aromatic N) is 3. The summed E-state index contributed by atoms with van der Waals surface area (Å²) in [5.41, 5.74) is 1.53. The number of hydrogen-bond acceptors (Lipinski definition) is 3. The summed E-state index contributed by atoms with van der Waals surface area (Å²) in [5.74, 6) is -0.496. The molecule has 3 rings (SSSR count). The van der Waals surface area contributed by atoms with Crippen molar-refractivity contribution in [3.8, 4) is 5.88 Å². The third-order valence-electron chi connectivity index (χ3n) is 3.40. The van der Waals surface area contributed by atoms with Crippen LogP contribution in [0.1, 0.15) is 10.4 Å². The molecule has 0 bridgehead atoms. The van der Waals surface area contributed by atoms with E-state index in [2.05, 4.69) is 26.2 Å². The van der Waals surface area contributed by atoms with Crippen LogP contribution in [0.4, 0.5) is 5.69 Å². The van der Waals surface area contributed by atoms with E-state index in [1.54, 1.807) is 29.8 Å². The highest BCUT2D eigenvalue weighted by molar-refractivity contribution is 9.10. The third-order valence-corrected chi connectivity index (χ3v) is 4.09. The second-order valence-corrected chi connectivity index (χ2v) is 5.59. The Bertz CT molecular complexity index is 900. The number of carbonyl (C=O) groups is 1. The highest BCUT2D eigenvalue weighted by Crippen LogP contribution is 2.37. The number of aromatic nitrogens is 1. The maximum atomic E-state index is 12.1. The smallest absolute Gasteiger partial charge is 0.296 e. The Morgan fingerprint density at radius 3 is 2.59 bits per heavy atom. The number of rotatable bonds is 2. The lowest BCUT2D eigenvalue weighted by atomic mass is 10.2. The average Bonchev–Trinajstić information content (AvgIpc) is 2.77. The first-order valence-electron chi connectivity index (χ1n) is 6.56. The standard InChI is InChI=1S/C16H12BrN3O2/c1-20-13-9-5-3-7-11(13)14(16(20)22)18-19-15(21)10-6-2-4-8-12(10)17/h2-9,22H,1H3. The number of hydrogen-bond donors (Lipinski definition) is 1. The summed E-state index contributed by atoms with van der Waals surface area (Å²) in [4.78, 5) is 12.1. The summed E-state index contributed by atoms with van der Waals surface area (Å²) in [5, 5.41) is 18.6. The van der Waals surface area contributed by atoms with Crippen molar-refractivity contribution >= 4 is 38.4 Å². The summed E-state index contributed by atoms with van der Waals surface area (Å²) >= 11 is 3.31. The number of para-hydroxylation sites is 1. The summed E-state index contributed by atoms with van der Waals surface area (Å²) in [6.45, 7) is 0. The molecule has 0 radical (unpaired) electrons. The molecule has 5 nitrogen and oxygen atoms in total. The van der Waals surface area contributed by atoms with Crippen LogP contribution in [0.2, 0.25) is 0 Å². The van der Waals surface area contributed by atoms with Crippen molar-refractivity contribution in [2.45, 2.75) is 0 Å². The average molecular weight is 358 g/mol. The minimum atomic E-state index is -0.472. The lowest BCUT2D eigenvalue weighted by Gasteiger charge is -1.97. The highest BCUT2D eigenvalue weighted by atomic mass is 79.9. The van der Waals surface area contributed by atoms with Crippen LogP contribution in [0.3, 0.4) is 0 Å². The number of halogens is 1. The van der Waals surface area contributed by atoms with Gasteiger partial charge in [-0.25, -0.2) is 0 Å². The molecule has 1 heterocycles. The highest BCUT2D eigenvalue weighted by Gasteiger charge is 2.14. The predicted molar refractivity (Wildman–Crippen MR) is 87.6 cm³/mol. The first kappa shape index (κ1) is 14.5. The van der Waals surface area contributed by atoms with Crippen LogP contribution >= 0.6 is 15.9 Å². The minimum Gasteiger partial charge on any atom is -0.493 e. The fraction of sp³-hybridized carbons (Fsp3) is 0.0625. The zero-order valence-corrected chi connectivity index (χ0v) is 13.3. The van der Waals surface area contributed by atoms with Crippen molar-refractivity contribution in [2.24, 2.45) is 17.3 Å². The number of aromatic hydroxyl groups is 1. The van der Waals surface area contributed by atoms with Crippen LogP contribution in [0, 0.1) is 0 Å². The van der Waals surface area contributed by atoms with Gasteiger partial charge in [0.2, 0.25) is 5.88 Å². The Hall–Kier alpha value is -2.47. The van der Waals surface area contributed by atoms with E-state index in [4.69, 9.17) is 0 Å². The molecule has 1 N–H and O–H groups in total. The topological polar surface area (TPSA) is 66.9 Å². The second kappa shape index (κ2) is 5.73. The molecule has 1 aromatic heterocycles. The summed E-state index contributed by atoms with van der Waals surface area (Å²) in [6.07, 6.45) is 0. The normalized spacial score (nSPS) is 11.4. The van der Waals surface area contributed by atoms with Crippen molar-refractivity contribution in [3.63, 3.8) is 0 Å². The third kappa shape index (κ3) is 2.42. The predicted octanol–water partition coefficient (Wildman–Crippen LogP) is 4.57. The maximum absolute atomic E-state index is 12.1. The SMILES string of the molecule is Cn1c(O)c(N=NC(=O)c2ccccc2Br)c2ccccc21. The van der Waals surface area contributed by atoms with Crippen molar-refractivity contribution < 1.29 is 9.90 Å². The van der Waals surface area contributed by atoms with Gasteiger partial charge in [0.15, 0.2) is 5.69 Å². The van der Waals surface area contributed by atoms with Gasteiger partial charge in [0.1, 0.15) is 0 Å². The minimum absolute atomic E-state index is 0.0233. The first-order valence-corrected chi connectivity index (χ1v) is 7.36. The quantitative estimate of drug-likeness (QED) is 0.682. The van der Waals surface area contributed by atoms with Gasteiger partial charge < -0.3 is 9.67 Å². The molecule has 0 aliphatic carbocycles. The van der Waals surface area contributed by atoms with Gasteiger partial charge in [-0.2, -0.15) is 0 Å². The molecule has 0 saturated carbocycles. The van der Waals surface area contributed by atoms with Gasteiger partial charge in [-0.3, -0.25) is 4.79 Å². The Balaban J connectivity index is 2.02.